The molecule has 0 N–H and O–H groups in total. The lowest BCUT2D eigenvalue weighted by Crippen LogP contribution is -2.14. The molecule has 2 unspecified atom stereocenters. The molecule has 0 radical (unpaired) electrons. The van der Waals surface area contributed by atoms with Gasteiger partial charge in [-0.3, -0.25) is 0 Å². The predicted molar refractivity (Wildman–Crippen MR) is 81.0 cm³/mol. The number of hydrogen-bond donors (Lipinski definition) is 0. The molecule has 0 bridgehead atoms. The first-order valence-electron chi connectivity index (χ1n) is 7.40. The van der Waals surface area contributed by atoms with E-state index < -0.39 is 0 Å². The number of azide groups is 1. The quantitative estimate of drug-likeness (QED) is 0.385. The van der Waals surface area contributed by atoms with Crippen LogP contribution in [-0.2, 0) is 4.74 Å². The second-order valence-corrected chi connectivity index (χ2v) is 6.01. The Bertz CT molecular complexity index is 496. The van der Waals surface area contributed by atoms with E-state index in [0.29, 0.717) is 11.8 Å². The highest BCUT2D eigenvalue weighted by Gasteiger charge is 2.27. The maximum atomic E-state index is 8.53. The Balaban J connectivity index is 2.09. The van der Waals surface area contributed by atoms with E-state index in [1.807, 2.05) is 6.92 Å². The number of hydrogen-bond acceptors (Lipinski definition) is 2. The molecular weight excluding hydrogens is 250 g/mol. The van der Waals surface area contributed by atoms with E-state index in [1.165, 1.54) is 11.1 Å². The van der Waals surface area contributed by atoms with Crippen LogP contribution in [0.25, 0.3) is 10.4 Å². The minimum Gasteiger partial charge on any atom is -0.493 e. The number of allylic oxidation sites excluding steroid dienone is 5. The van der Waals surface area contributed by atoms with Crippen molar-refractivity contribution in [3.63, 3.8) is 0 Å². The molecule has 0 aromatic carbocycles. The van der Waals surface area contributed by atoms with Gasteiger partial charge in [-0.2, -0.15) is 0 Å². The minimum atomic E-state index is 0.00905. The van der Waals surface area contributed by atoms with Gasteiger partial charge in [-0.15, -0.1) is 0 Å². The van der Waals surface area contributed by atoms with Crippen molar-refractivity contribution in [2.75, 3.05) is 6.61 Å². The van der Waals surface area contributed by atoms with E-state index in [0.717, 1.165) is 31.6 Å². The van der Waals surface area contributed by atoms with Crippen LogP contribution < -0.4 is 0 Å². The van der Waals surface area contributed by atoms with Crippen molar-refractivity contribution >= 4 is 0 Å². The van der Waals surface area contributed by atoms with Crippen LogP contribution in [0, 0.1) is 11.8 Å². The van der Waals surface area contributed by atoms with Crippen molar-refractivity contribution in [2.24, 2.45) is 17.0 Å². The summed E-state index contributed by atoms with van der Waals surface area (Å²) in [4.78, 5) is 2.90. The summed E-state index contributed by atoms with van der Waals surface area (Å²) in [6.07, 6.45) is 9.64. The molecule has 2 atom stereocenters. The molecule has 0 aromatic heterocycles. The Labute approximate surface area is 120 Å². The van der Waals surface area contributed by atoms with Crippen molar-refractivity contribution in [1.82, 2.24) is 0 Å². The highest BCUT2D eigenvalue weighted by molar-refractivity contribution is 5.48. The van der Waals surface area contributed by atoms with Gasteiger partial charge >= 0.3 is 0 Å². The lowest BCUT2D eigenvalue weighted by Gasteiger charge is -2.24. The van der Waals surface area contributed by atoms with E-state index in [9.17, 15) is 0 Å². The van der Waals surface area contributed by atoms with Crippen LogP contribution in [0.3, 0.4) is 0 Å². The highest BCUT2D eigenvalue weighted by Crippen LogP contribution is 2.40. The summed E-state index contributed by atoms with van der Waals surface area (Å²) in [6, 6.07) is 0.00905. The fourth-order valence-electron chi connectivity index (χ4n) is 2.78. The number of rotatable bonds is 6. The molecule has 0 saturated carbocycles. The highest BCUT2D eigenvalue weighted by atomic mass is 16.5. The molecule has 4 heteroatoms. The van der Waals surface area contributed by atoms with Gasteiger partial charge in [0.15, 0.2) is 0 Å². The van der Waals surface area contributed by atoms with Crippen LogP contribution in [0.4, 0.5) is 0 Å². The van der Waals surface area contributed by atoms with Crippen LogP contribution in [0.15, 0.2) is 40.2 Å². The summed E-state index contributed by atoms with van der Waals surface area (Å²) in [5, 5.41) is 3.79. The summed E-state index contributed by atoms with van der Waals surface area (Å²) < 4.78 is 5.99. The molecule has 4 nitrogen and oxygen atoms in total. The number of nitrogens with zero attached hydrogens (tertiary/aromatic N) is 3. The van der Waals surface area contributed by atoms with E-state index in [4.69, 9.17) is 10.3 Å². The SMILES string of the molecule is CC(C)COC1=CCCC2=C1C(CC(C)N=[N+]=[N-])C=C2. The van der Waals surface area contributed by atoms with Crippen LogP contribution in [0.1, 0.15) is 40.0 Å². The fraction of sp³-hybridized carbons (Fsp3) is 0.625. The molecule has 108 valence electrons. The minimum absolute atomic E-state index is 0.00905. The topological polar surface area (TPSA) is 58.0 Å². The zero-order valence-corrected chi connectivity index (χ0v) is 12.5. The molecule has 0 amide bonds. The predicted octanol–water partition coefficient (Wildman–Crippen LogP) is 4.91. The van der Waals surface area contributed by atoms with Crippen LogP contribution in [0.5, 0.6) is 0 Å². The van der Waals surface area contributed by atoms with Gasteiger partial charge in [0, 0.05) is 22.4 Å². The first kappa shape index (κ1) is 14.7. The van der Waals surface area contributed by atoms with Gasteiger partial charge in [-0.1, -0.05) is 38.0 Å². The van der Waals surface area contributed by atoms with Gasteiger partial charge in [0.25, 0.3) is 0 Å². The van der Waals surface area contributed by atoms with Crippen molar-refractivity contribution in [3.8, 4) is 0 Å². The van der Waals surface area contributed by atoms with Gasteiger partial charge in [-0.05, 0) is 42.4 Å². The molecule has 2 aliphatic rings. The maximum absolute atomic E-state index is 8.53. The Morgan fingerprint density at radius 2 is 2.25 bits per heavy atom. The van der Waals surface area contributed by atoms with Gasteiger partial charge in [0.05, 0.1) is 6.61 Å². The average Bonchev–Trinajstić information content (AvgIpc) is 2.80. The number of ether oxygens (including phenoxy) is 1. The second-order valence-electron chi connectivity index (χ2n) is 6.01. The molecule has 0 fully saturated rings. The van der Waals surface area contributed by atoms with Crippen LogP contribution >= 0.6 is 0 Å². The van der Waals surface area contributed by atoms with Crippen molar-refractivity contribution in [1.29, 1.82) is 0 Å². The average molecular weight is 273 g/mol. The summed E-state index contributed by atoms with van der Waals surface area (Å²) in [5.74, 6) is 1.89. The molecule has 0 saturated heterocycles. The Kier molecular flexibility index (Phi) is 4.91. The molecular formula is C16H23N3O. The lowest BCUT2D eigenvalue weighted by atomic mass is 9.88. The smallest absolute Gasteiger partial charge is 0.119 e. The monoisotopic (exact) mass is 273 g/mol. The van der Waals surface area contributed by atoms with Gasteiger partial charge in [-0.25, -0.2) is 0 Å². The molecule has 0 aromatic rings. The largest absolute Gasteiger partial charge is 0.493 e. The van der Waals surface area contributed by atoms with Crippen LogP contribution in [0.2, 0.25) is 0 Å². The van der Waals surface area contributed by atoms with Gasteiger partial charge in [0.2, 0.25) is 0 Å². The maximum Gasteiger partial charge on any atom is 0.119 e. The summed E-state index contributed by atoms with van der Waals surface area (Å²) in [5.41, 5.74) is 11.2. The Morgan fingerprint density at radius 1 is 1.45 bits per heavy atom. The molecule has 2 rings (SSSR count). The van der Waals surface area contributed by atoms with Gasteiger partial charge < -0.3 is 4.74 Å². The molecule has 0 spiro atoms. The summed E-state index contributed by atoms with van der Waals surface area (Å²) in [6.45, 7) is 7.04. The normalized spacial score (nSPS) is 22.4. The first-order valence-corrected chi connectivity index (χ1v) is 7.40. The van der Waals surface area contributed by atoms with E-state index in [2.05, 4.69) is 42.1 Å². The van der Waals surface area contributed by atoms with Crippen molar-refractivity contribution in [2.45, 2.75) is 46.1 Å². The Hall–Kier alpha value is -1.67. The van der Waals surface area contributed by atoms with Gasteiger partial charge in [0.1, 0.15) is 5.76 Å². The van der Waals surface area contributed by atoms with E-state index in [-0.39, 0.29) is 6.04 Å². The molecule has 2 aliphatic carbocycles. The third-order valence-electron chi connectivity index (χ3n) is 3.67. The third kappa shape index (κ3) is 3.45. The molecule has 0 aliphatic heterocycles. The first-order chi connectivity index (χ1) is 9.61. The summed E-state index contributed by atoms with van der Waals surface area (Å²) >= 11 is 0. The second kappa shape index (κ2) is 6.67. The lowest BCUT2D eigenvalue weighted by molar-refractivity contribution is 0.180. The van der Waals surface area contributed by atoms with Crippen LogP contribution in [-0.4, -0.2) is 12.6 Å². The molecule has 20 heavy (non-hydrogen) atoms. The zero-order valence-electron chi connectivity index (χ0n) is 12.5. The zero-order chi connectivity index (χ0) is 14.5. The van der Waals surface area contributed by atoms with E-state index >= 15 is 0 Å². The fourth-order valence-corrected chi connectivity index (χ4v) is 2.78. The molecule has 0 heterocycles. The van der Waals surface area contributed by atoms with E-state index in [1.54, 1.807) is 0 Å². The summed E-state index contributed by atoms with van der Waals surface area (Å²) in [7, 11) is 0. The van der Waals surface area contributed by atoms with Crippen molar-refractivity contribution < 1.29 is 4.74 Å². The van der Waals surface area contributed by atoms with Crippen molar-refractivity contribution in [3.05, 3.63) is 45.6 Å². The third-order valence-corrected chi connectivity index (χ3v) is 3.67. The standard InChI is InChI=1S/C16H23N3O/c1-11(2)10-20-15-6-4-5-13-7-8-14(16(13)15)9-12(3)18-19-17/h6-8,11-12,14H,4-5,9-10H2,1-3H3. The Morgan fingerprint density at radius 3 is 2.95 bits per heavy atom.